The Morgan fingerprint density at radius 3 is 2.00 bits per heavy atom. The number of halogens is 2. The van der Waals surface area contributed by atoms with E-state index in [0.717, 1.165) is 53.5 Å². The molecule has 8 rings (SSSR count). The third kappa shape index (κ3) is 6.52. The summed E-state index contributed by atoms with van der Waals surface area (Å²) in [5.74, 6) is 3.34. The van der Waals surface area contributed by atoms with Gasteiger partial charge in [-0.3, -0.25) is 0 Å². The molecule has 2 unspecified atom stereocenters. The number of fused-ring (bicyclic) bond motifs is 2. The third-order valence-corrected chi connectivity index (χ3v) is 10.5. The Morgan fingerprint density at radius 1 is 0.667 bits per heavy atom. The molecule has 2 N–H and O–H groups in total. The Labute approximate surface area is 317 Å². The second-order valence-corrected chi connectivity index (χ2v) is 14.1. The predicted octanol–water partition coefficient (Wildman–Crippen LogP) is 0.854. The van der Waals surface area contributed by atoms with E-state index < -0.39 is 0 Å². The van der Waals surface area contributed by atoms with Gasteiger partial charge >= 0.3 is 0 Å². The van der Waals surface area contributed by atoms with Gasteiger partial charge in [-0.2, -0.15) is 0 Å². The van der Waals surface area contributed by atoms with Crippen LogP contribution in [0.15, 0.2) is 60.7 Å². The van der Waals surface area contributed by atoms with Crippen molar-refractivity contribution < 1.29 is 86.1 Å². The van der Waals surface area contributed by atoms with Crippen molar-refractivity contribution in [1.29, 1.82) is 0 Å². The molecule has 0 saturated carbocycles. The molecular weight excluding hydrogens is 834 g/mol. The largest absolute Gasteiger partial charge is 1.00 e. The number of hydrogen-bond acceptors (Lipinski definition) is 6. The maximum Gasteiger partial charge on any atom is 0.204 e. The molecule has 4 aromatic rings. The van der Waals surface area contributed by atoms with Crippen LogP contribution in [0.1, 0.15) is 45.5 Å². The summed E-state index contributed by atoms with van der Waals surface area (Å²) in [6.07, 6.45) is 3.21. The second kappa shape index (κ2) is 13.8. The summed E-state index contributed by atoms with van der Waals surface area (Å²) in [7, 11) is 12.2. The first kappa shape index (κ1) is 36.3. The number of ether oxygens (including phenoxy) is 4. The molecule has 256 valence electrons. The molecule has 4 aliphatic heterocycles. The first-order valence-electron chi connectivity index (χ1n) is 16.0. The highest BCUT2D eigenvalue weighted by Crippen LogP contribution is 2.51. The van der Waals surface area contributed by atoms with Crippen molar-refractivity contribution in [3.05, 3.63) is 94.0 Å². The van der Waals surface area contributed by atoms with Crippen LogP contribution >= 0.6 is 0 Å². The van der Waals surface area contributed by atoms with Gasteiger partial charge < -0.3 is 86.1 Å². The van der Waals surface area contributed by atoms with E-state index in [0.29, 0.717) is 45.4 Å². The first-order chi connectivity index (χ1) is 22.0. The fourth-order valence-corrected chi connectivity index (χ4v) is 7.65. The fraction of sp³-hybridized carbons (Fsp3) is 0.368. The van der Waals surface area contributed by atoms with Crippen LogP contribution in [0, 0.1) is 0 Å². The molecule has 0 radical (unpaired) electrons. The predicted molar refractivity (Wildman–Crippen MR) is 177 cm³/mol. The third-order valence-electron chi connectivity index (χ3n) is 10.5. The lowest BCUT2D eigenvalue weighted by molar-refractivity contribution is -0.923. The number of phenols is 2. The molecule has 4 aliphatic rings. The van der Waals surface area contributed by atoms with Crippen LogP contribution in [-0.2, 0) is 25.7 Å². The highest BCUT2D eigenvalue weighted by atomic mass is 127. The maximum absolute atomic E-state index is 11.1. The molecule has 4 aromatic carbocycles. The number of aromatic hydroxyl groups is 2. The van der Waals surface area contributed by atoms with Crippen molar-refractivity contribution in [1.82, 2.24) is 0 Å². The van der Waals surface area contributed by atoms with Gasteiger partial charge in [0, 0.05) is 31.2 Å². The van der Waals surface area contributed by atoms with Crippen LogP contribution < -0.4 is 66.9 Å². The standard InChI is InChI=1S/C38H42N2O6.2HI/c1-39(2)15-13-25-21-34(43-5)35-22-28(25)29(39)17-23-7-10-27(11-8-23)45-38-36-26(20-32(42)37(38)44-6)14-16-40(3,4)30(36)18-24-9-12-31(41)33(19-24)46-35;;/h7-12,19-22,29-30H,13-18H2,1-6H3;2*1H. The molecule has 0 spiro atoms. The van der Waals surface area contributed by atoms with Crippen molar-refractivity contribution in [2.45, 2.75) is 37.8 Å². The molecule has 0 saturated heterocycles. The zero-order chi connectivity index (χ0) is 32.4. The van der Waals surface area contributed by atoms with Crippen LogP contribution in [0.25, 0.3) is 0 Å². The summed E-state index contributed by atoms with van der Waals surface area (Å²) in [6, 6.07) is 20.1. The van der Waals surface area contributed by atoms with E-state index in [-0.39, 0.29) is 71.5 Å². The van der Waals surface area contributed by atoms with Crippen molar-refractivity contribution in [3.63, 3.8) is 0 Å². The zero-order valence-corrected chi connectivity index (χ0v) is 32.7. The average molecular weight is 879 g/mol. The lowest BCUT2D eigenvalue weighted by Gasteiger charge is -2.43. The number of benzene rings is 4. The lowest BCUT2D eigenvalue weighted by Crippen LogP contribution is -3.00. The zero-order valence-electron chi connectivity index (χ0n) is 28.3. The van der Waals surface area contributed by atoms with Crippen molar-refractivity contribution in [3.8, 4) is 46.0 Å². The average Bonchev–Trinajstić information content (AvgIpc) is 3.02. The minimum absolute atomic E-state index is 0. The molecule has 2 atom stereocenters. The van der Waals surface area contributed by atoms with E-state index >= 15 is 0 Å². The van der Waals surface area contributed by atoms with Crippen LogP contribution in [0.3, 0.4) is 0 Å². The summed E-state index contributed by atoms with van der Waals surface area (Å²) >= 11 is 0. The molecule has 0 aliphatic carbocycles. The number of nitrogens with zero attached hydrogens (tertiary/aromatic N) is 2. The summed E-state index contributed by atoms with van der Waals surface area (Å²) in [5, 5.41) is 22.1. The molecule has 6 bridgehead atoms. The quantitative estimate of drug-likeness (QED) is 0.230. The van der Waals surface area contributed by atoms with Gasteiger partial charge in [0.05, 0.1) is 61.1 Å². The van der Waals surface area contributed by atoms with Crippen LogP contribution in [0.5, 0.6) is 46.0 Å². The molecule has 8 nitrogen and oxygen atoms in total. The molecule has 0 amide bonds. The van der Waals surface area contributed by atoms with Gasteiger partial charge in [0.15, 0.2) is 34.5 Å². The highest BCUT2D eigenvalue weighted by molar-refractivity contribution is 5.61. The Bertz CT molecular complexity index is 1830. The Hall–Kier alpha value is -2.94. The van der Waals surface area contributed by atoms with E-state index in [4.69, 9.17) is 18.9 Å². The number of phenolic OH excluding ortho intramolecular Hbond substituents is 2. The maximum atomic E-state index is 11.1. The van der Waals surface area contributed by atoms with Crippen LogP contribution in [0.4, 0.5) is 0 Å². The number of likely N-dealkylation sites (N-methyl/N-ethyl adjacent to an activating group) is 2. The normalized spacial score (nSPS) is 19.9. The minimum atomic E-state index is -0.0251. The van der Waals surface area contributed by atoms with Gasteiger partial charge in [-0.15, -0.1) is 0 Å². The summed E-state index contributed by atoms with van der Waals surface area (Å²) in [4.78, 5) is 0. The smallest absolute Gasteiger partial charge is 0.204 e. The number of quaternary nitrogens is 2. The molecule has 4 heterocycles. The van der Waals surface area contributed by atoms with E-state index in [9.17, 15) is 10.2 Å². The number of methoxy groups -OCH3 is 2. The molecule has 0 fully saturated rings. The lowest BCUT2D eigenvalue weighted by atomic mass is 9.85. The van der Waals surface area contributed by atoms with Crippen LogP contribution in [0.2, 0.25) is 0 Å². The Kier molecular flexibility index (Phi) is 10.4. The highest BCUT2D eigenvalue weighted by Gasteiger charge is 2.41. The summed E-state index contributed by atoms with van der Waals surface area (Å²) in [6.45, 7) is 1.89. The Balaban J connectivity index is 0.00000225. The topological polar surface area (TPSA) is 77.4 Å². The fourth-order valence-electron chi connectivity index (χ4n) is 7.65. The SMILES string of the molecule is COc1cc2c3cc1Oc1cc(ccc1O)CC1c4c(cc(O)c(OC)c4Oc4ccc(cc4)CC3[N+](C)(C)CC2)CC[N+]1(C)C.[I-].[I-]. The number of rotatable bonds is 2. The molecule has 10 heteroatoms. The van der Waals surface area contributed by atoms with E-state index in [1.54, 1.807) is 20.3 Å². The first-order valence-corrected chi connectivity index (χ1v) is 16.0. The minimum Gasteiger partial charge on any atom is -1.00 e. The van der Waals surface area contributed by atoms with Crippen molar-refractivity contribution in [2.24, 2.45) is 0 Å². The van der Waals surface area contributed by atoms with Crippen molar-refractivity contribution in [2.75, 3.05) is 55.5 Å². The number of hydrogen-bond donors (Lipinski definition) is 2. The summed E-state index contributed by atoms with van der Waals surface area (Å²) < 4.78 is 26.4. The van der Waals surface area contributed by atoms with Gasteiger partial charge in [-0.1, -0.05) is 18.2 Å². The van der Waals surface area contributed by atoms with Gasteiger partial charge in [0.2, 0.25) is 5.75 Å². The van der Waals surface area contributed by atoms with E-state index in [1.807, 2.05) is 30.3 Å². The van der Waals surface area contributed by atoms with E-state index in [2.05, 4.69) is 52.5 Å². The second-order valence-electron chi connectivity index (χ2n) is 14.1. The van der Waals surface area contributed by atoms with Gasteiger partial charge in [-0.25, -0.2) is 0 Å². The van der Waals surface area contributed by atoms with Gasteiger partial charge in [0.1, 0.15) is 17.8 Å². The van der Waals surface area contributed by atoms with E-state index in [1.165, 1.54) is 16.7 Å². The molecular formula is C38H44I2N2O6. The van der Waals surface area contributed by atoms with Gasteiger partial charge in [-0.05, 0) is 64.7 Å². The molecule has 48 heavy (non-hydrogen) atoms. The monoisotopic (exact) mass is 878 g/mol. The van der Waals surface area contributed by atoms with Gasteiger partial charge in [0.25, 0.3) is 0 Å². The Morgan fingerprint density at radius 2 is 1.31 bits per heavy atom. The summed E-state index contributed by atoms with van der Waals surface area (Å²) in [5.41, 5.74) is 6.76. The van der Waals surface area contributed by atoms with Crippen LogP contribution in [-0.4, -0.2) is 74.7 Å². The molecule has 0 aromatic heterocycles. The van der Waals surface area contributed by atoms with Crippen molar-refractivity contribution >= 4 is 0 Å².